The summed E-state index contributed by atoms with van der Waals surface area (Å²) in [6.45, 7) is 10.8. The van der Waals surface area contributed by atoms with Gasteiger partial charge in [-0.05, 0) is 75.8 Å². The molecule has 2 aromatic rings. The van der Waals surface area contributed by atoms with Gasteiger partial charge in [-0.2, -0.15) is 0 Å². The highest BCUT2D eigenvalue weighted by Gasteiger charge is 2.35. The van der Waals surface area contributed by atoms with Crippen LogP contribution in [0.4, 0.5) is 0 Å². The van der Waals surface area contributed by atoms with Crippen molar-refractivity contribution in [3.05, 3.63) is 52.6 Å². The number of carbonyl (C=O) groups is 1. The van der Waals surface area contributed by atoms with Gasteiger partial charge in [0.25, 0.3) is 0 Å². The number of para-hydroxylation sites is 1. The second-order valence-electron chi connectivity index (χ2n) is 8.60. The predicted octanol–water partition coefficient (Wildman–Crippen LogP) is 6.26. The normalized spacial score (nSPS) is 17.8. The number of hydrogen-bond donors (Lipinski definition) is 0. The quantitative estimate of drug-likeness (QED) is 0.293. The minimum atomic E-state index is -0.398. The molecule has 0 aromatic heterocycles. The predicted molar refractivity (Wildman–Crippen MR) is 120 cm³/mol. The van der Waals surface area contributed by atoms with Crippen molar-refractivity contribution < 1.29 is 19.0 Å². The molecule has 0 saturated carbocycles. The molecular formula is C26H34O4. The fourth-order valence-electron chi connectivity index (χ4n) is 3.97. The smallest absolute Gasteiger partial charge is 0.311 e. The largest absolute Gasteiger partial charge is 0.489 e. The fourth-order valence-corrected chi connectivity index (χ4v) is 3.97. The maximum absolute atomic E-state index is 12.3. The Hall–Kier alpha value is -2.49. The van der Waals surface area contributed by atoms with E-state index in [4.69, 9.17) is 14.2 Å². The minimum absolute atomic E-state index is 0.146. The number of benzene rings is 2. The molecule has 3 rings (SSSR count). The zero-order valence-electron chi connectivity index (χ0n) is 19.0. The molecule has 2 aromatic carbocycles. The van der Waals surface area contributed by atoms with E-state index >= 15 is 0 Å². The first-order chi connectivity index (χ1) is 14.3. The van der Waals surface area contributed by atoms with Gasteiger partial charge < -0.3 is 14.2 Å². The molecule has 0 saturated heterocycles. The van der Waals surface area contributed by atoms with Gasteiger partial charge in [0.15, 0.2) is 0 Å². The van der Waals surface area contributed by atoms with Gasteiger partial charge >= 0.3 is 5.97 Å². The van der Waals surface area contributed by atoms with Crippen molar-refractivity contribution in [3.8, 4) is 17.2 Å². The van der Waals surface area contributed by atoms with Crippen molar-refractivity contribution in [1.82, 2.24) is 0 Å². The molecular weight excluding hydrogens is 376 g/mol. The Morgan fingerprint density at radius 2 is 1.80 bits per heavy atom. The number of fused-ring (bicyclic) bond motifs is 1. The van der Waals surface area contributed by atoms with Gasteiger partial charge in [0.1, 0.15) is 29.5 Å². The van der Waals surface area contributed by atoms with E-state index in [1.54, 1.807) is 0 Å². The van der Waals surface area contributed by atoms with Crippen LogP contribution < -0.4 is 14.2 Å². The average Bonchev–Trinajstić information content (AvgIpc) is 2.75. The number of rotatable bonds is 8. The molecule has 1 aliphatic rings. The Morgan fingerprint density at radius 1 is 1.07 bits per heavy atom. The molecule has 1 heterocycles. The summed E-state index contributed by atoms with van der Waals surface area (Å²) >= 11 is 0. The lowest BCUT2D eigenvalue weighted by atomic mass is 9.87. The van der Waals surface area contributed by atoms with E-state index in [2.05, 4.69) is 13.8 Å². The fraction of sp³-hybridized carbons (Fsp3) is 0.500. The first-order valence-electron chi connectivity index (χ1n) is 11.0. The van der Waals surface area contributed by atoms with Crippen LogP contribution in [0.15, 0.2) is 30.3 Å². The Balaban J connectivity index is 1.77. The summed E-state index contributed by atoms with van der Waals surface area (Å²) in [5.74, 6) is 2.33. The molecule has 162 valence electrons. The number of hydrogen-bond acceptors (Lipinski definition) is 4. The number of carbonyl (C=O) groups excluding carboxylic acids is 1. The van der Waals surface area contributed by atoms with Crippen LogP contribution in [0.1, 0.15) is 68.2 Å². The minimum Gasteiger partial charge on any atom is -0.489 e. The number of unbranched alkanes of at least 4 members (excludes halogenated alkanes) is 2. The molecule has 0 bridgehead atoms. The lowest BCUT2D eigenvalue weighted by Crippen LogP contribution is -2.42. The molecule has 1 atom stereocenters. The molecule has 30 heavy (non-hydrogen) atoms. The van der Waals surface area contributed by atoms with Gasteiger partial charge in [-0.3, -0.25) is 4.79 Å². The molecule has 0 aliphatic carbocycles. The zero-order valence-corrected chi connectivity index (χ0v) is 19.0. The zero-order chi connectivity index (χ0) is 21.7. The Morgan fingerprint density at radius 3 is 2.50 bits per heavy atom. The molecule has 1 aliphatic heterocycles. The second kappa shape index (κ2) is 9.55. The molecule has 0 fully saturated rings. The van der Waals surface area contributed by atoms with E-state index in [0.29, 0.717) is 18.8 Å². The van der Waals surface area contributed by atoms with Gasteiger partial charge in [-0.1, -0.05) is 38.0 Å². The first-order valence-corrected chi connectivity index (χ1v) is 11.0. The third-order valence-corrected chi connectivity index (χ3v) is 6.05. The van der Waals surface area contributed by atoms with Gasteiger partial charge in [0, 0.05) is 12.0 Å². The van der Waals surface area contributed by atoms with Crippen molar-refractivity contribution in [2.24, 2.45) is 0 Å². The van der Waals surface area contributed by atoms with E-state index in [9.17, 15) is 4.79 Å². The molecule has 1 unspecified atom stereocenters. The number of esters is 1. The summed E-state index contributed by atoms with van der Waals surface area (Å²) in [4.78, 5) is 12.3. The third kappa shape index (κ3) is 4.97. The third-order valence-electron chi connectivity index (χ3n) is 6.05. The Kier molecular flexibility index (Phi) is 7.06. The number of ether oxygens (including phenoxy) is 3. The topological polar surface area (TPSA) is 44.8 Å². The maximum Gasteiger partial charge on any atom is 0.311 e. The SMILES string of the molecule is CCCCCC(=O)Oc1c(C)c(C)c2c(c1C)CCC(C)(COc1ccccc1)O2. The summed E-state index contributed by atoms with van der Waals surface area (Å²) < 4.78 is 18.3. The molecule has 0 spiro atoms. The van der Waals surface area contributed by atoms with E-state index < -0.39 is 5.60 Å². The van der Waals surface area contributed by atoms with E-state index in [0.717, 1.165) is 65.9 Å². The lowest BCUT2D eigenvalue weighted by Gasteiger charge is -2.37. The molecule has 4 heteroatoms. The summed E-state index contributed by atoms with van der Waals surface area (Å²) in [5.41, 5.74) is 3.78. The van der Waals surface area contributed by atoms with Crippen LogP contribution in [0.5, 0.6) is 17.2 Å². The summed E-state index contributed by atoms with van der Waals surface area (Å²) in [6, 6.07) is 9.83. The monoisotopic (exact) mass is 410 g/mol. The van der Waals surface area contributed by atoms with Gasteiger partial charge in [-0.15, -0.1) is 0 Å². The highest BCUT2D eigenvalue weighted by molar-refractivity contribution is 5.74. The van der Waals surface area contributed by atoms with Gasteiger partial charge in [-0.25, -0.2) is 0 Å². The lowest BCUT2D eigenvalue weighted by molar-refractivity contribution is -0.134. The van der Waals surface area contributed by atoms with Crippen LogP contribution in [-0.2, 0) is 11.2 Å². The maximum atomic E-state index is 12.3. The summed E-state index contributed by atoms with van der Waals surface area (Å²) in [5, 5.41) is 0. The molecule has 0 amide bonds. The van der Waals surface area contributed by atoms with Crippen LogP contribution >= 0.6 is 0 Å². The highest BCUT2D eigenvalue weighted by atomic mass is 16.5. The van der Waals surface area contributed by atoms with Crippen molar-refractivity contribution in [2.75, 3.05) is 6.61 Å². The van der Waals surface area contributed by atoms with Crippen molar-refractivity contribution in [2.45, 2.75) is 78.7 Å². The van der Waals surface area contributed by atoms with Crippen molar-refractivity contribution >= 4 is 5.97 Å². The van der Waals surface area contributed by atoms with Crippen LogP contribution in [0.25, 0.3) is 0 Å². The average molecular weight is 411 g/mol. The van der Waals surface area contributed by atoms with Crippen molar-refractivity contribution in [1.29, 1.82) is 0 Å². The van der Waals surface area contributed by atoms with E-state index in [-0.39, 0.29) is 5.97 Å². The van der Waals surface area contributed by atoms with Gasteiger partial charge in [0.2, 0.25) is 0 Å². The van der Waals surface area contributed by atoms with Crippen molar-refractivity contribution in [3.63, 3.8) is 0 Å². The van der Waals surface area contributed by atoms with Gasteiger partial charge in [0.05, 0.1) is 0 Å². The summed E-state index contributed by atoms with van der Waals surface area (Å²) in [7, 11) is 0. The van der Waals surface area contributed by atoms with Crippen LogP contribution in [0.2, 0.25) is 0 Å². The van der Waals surface area contributed by atoms with Crippen LogP contribution in [0, 0.1) is 20.8 Å². The standard InChI is InChI=1S/C26H34O4/c1-6-7-9-14-23(27)29-24-18(2)19(3)25-22(20(24)4)15-16-26(5,30-25)17-28-21-12-10-8-11-13-21/h8,10-13H,6-7,9,14-17H2,1-5H3. The van der Waals surface area contributed by atoms with Crippen LogP contribution in [0.3, 0.4) is 0 Å². The Labute approximate surface area is 180 Å². The Bertz CT molecular complexity index is 888. The highest BCUT2D eigenvalue weighted by Crippen LogP contribution is 2.44. The first kappa shape index (κ1) is 22.2. The molecule has 4 nitrogen and oxygen atoms in total. The molecule has 0 radical (unpaired) electrons. The van der Waals surface area contributed by atoms with E-state index in [1.165, 1.54) is 0 Å². The van der Waals surface area contributed by atoms with Crippen LogP contribution in [-0.4, -0.2) is 18.2 Å². The molecule has 0 N–H and O–H groups in total. The summed E-state index contributed by atoms with van der Waals surface area (Å²) in [6.07, 6.45) is 5.20. The van der Waals surface area contributed by atoms with E-state index in [1.807, 2.05) is 51.1 Å². The second-order valence-corrected chi connectivity index (χ2v) is 8.60.